The maximum atomic E-state index is 12.1. The van der Waals surface area contributed by atoms with E-state index in [1.807, 2.05) is 25.1 Å². The smallest absolute Gasteiger partial charge is 0.387 e. The van der Waals surface area contributed by atoms with Gasteiger partial charge in [0.15, 0.2) is 0 Å². The lowest BCUT2D eigenvalue weighted by molar-refractivity contribution is -0.120. The number of hydrogen-bond acceptors (Lipinski definition) is 3. The lowest BCUT2D eigenvalue weighted by atomic mass is 10.1. The van der Waals surface area contributed by atoms with E-state index in [1.54, 1.807) is 18.4 Å². The standard InChI is InChI=1S/C19H17F2NO3/c1-12-2-7-16-14(11-24-17(16)8-12)9-18(23)22-10-13-3-5-15(6-4-13)25-19(20)21/h2-8,11,19H,9-10H2,1H3,(H,22,23). The van der Waals surface area contributed by atoms with E-state index >= 15 is 0 Å². The first-order valence-electron chi connectivity index (χ1n) is 7.78. The topological polar surface area (TPSA) is 51.5 Å². The van der Waals surface area contributed by atoms with Crippen molar-refractivity contribution in [2.24, 2.45) is 0 Å². The molecule has 0 radical (unpaired) electrons. The summed E-state index contributed by atoms with van der Waals surface area (Å²) in [6.07, 6.45) is 1.81. The van der Waals surface area contributed by atoms with Crippen molar-refractivity contribution >= 4 is 16.9 Å². The molecule has 25 heavy (non-hydrogen) atoms. The van der Waals surface area contributed by atoms with Crippen LogP contribution in [-0.4, -0.2) is 12.5 Å². The molecule has 0 saturated heterocycles. The Kier molecular flexibility index (Phi) is 4.97. The van der Waals surface area contributed by atoms with Gasteiger partial charge < -0.3 is 14.5 Å². The van der Waals surface area contributed by atoms with Crippen molar-refractivity contribution in [1.29, 1.82) is 0 Å². The molecule has 3 aromatic rings. The molecule has 0 spiro atoms. The number of alkyl halides is 2. The summed E-state index contributed by atoms with van der Waals surface area (Å²) in [6.45, 7) is -0.562. The van der Waals surface area contributed by atoms with E-state index in [4.69, 9.17) is 4.42 Å². The molecule has 1 N–H and O–H groups in total. The molecule has 0 saturated carbocycles. The number of furan rings is 1. The predicted octanol–water partition coefficient (Wildman–Crippen LogP) is 4.20. The highest BCUT2D eigenvalue weighted by molar-refractivity contribution is 5.87. The van der Waals surface area contributed by atoms with Gasteiger partial charge >= 0.3 is 6.61 Å². The third-order valence-corrected chi connectivity index (χ3v) is 3.80. The number of aryl methyl sites for hydroxylation is 1. The summed E-state index contributed by atoms with van der Waals surface area (Å²) in [5, 5.41) is 3.73. The van der Waals surface area contributed by atoms with Crippen LogP contribution in [0.3, 0.4) is 0 Å². The number of carbonyl (C=O) groups is 1. The van der Waals surface area contributed by atoms with Gasteiger partial charge in [0.1, 0.15) is 11.3 Å². The minimum atomic E-state index is -2.85. The van der Waals surface area contributed by atoms with E-state index in [9.17, 15) is 13.6 Å². The first kappa shape index (κ1) is 17.0. The number of halogens is 2. The minimum absolute atomic E-state index is 0.0882. The zero-order valence-corrected chi connectivity index (χ0v) is 13.6. The zero-order chi connectivity index (χ0) is 17.8. The van der Waals surface area contributed by atoms with Gasteiger partial charge in [-0.3, -0.25) is 4.79 Å². The summed E-state index contributed by atoms with van der Waals surface area (Å²) in [5.41, 5.74) is 3.48. The Bertz CT molecular complexity index is 872. The highest BCUT2D eigenvalue weighted by Gasteiger charge is 2.10. The normalized spacial score (nSPS) is 11.0. The average molecular weight is 345 g/mol. The number of hydrogen-bond donors (Lipinski definition) is 1. The predicted molar refractivity (Wildman–Crippen MR) is 89.6 cm³/mol. The van der Waals surface area contributed by atoms with E-state index in [1.165, 1.54) is 12.1 Å². The van der Waals surface area contributed by atoms with Crippen molar-refractivity contribution in [2.45, 2.75) is 26.5 Å². The van der Waals surface area contributed by atoms with Crippen LogP contribution in [0.4, 0.5) is 8.78 Å². The number of fused-ring (bicyclic) bond motifs is 1. The second-order valence-corrected chi connectivity index (χ2v) is 5.74. The monoisotopic (exact) mass is 345 g/mol. The van der Waals surface area contributed by atoms with E-state index in [0.29, 0.717) is 6.54 Å². The van der Waals surface area contributed by atoms with Gasteiger partial charge in [0.25, 0.3) is 0 Å². The summed E-state index contributed by atoms with van der Waals surface area (Å²) in [6, 6.07) is 12.0. The van der Waals surface area contributed by atoms with Crippen LogP contribution in [0.1, 0.15) is 16.7 Å². The Morgan fingerprint density at radius 2 is 1.96 bits per heavy atom. The van der Waals surface area contributed by atoms with Gasteiger partial charge in [-0.25, -0.2) is 0 Å². The quantitative estimate of drug-likeness (QED) is 0.728. The maximum Gasteiger partial charge on any atom is 0.387 e. The summed E-state index contributed by atoms with van der Waals surface area (Å²) >= 11 is 0. The van der Waals surface area contributed by atoms with Crippen LogP contribution < -0.4 is 10.1 Å². The molecule has 1 amide bonds. The number of amides is 1. The Labute approximate surface area is 143 Å². The number of ether oxygens (including phenoxy) is 1. The van der Waals surface area contributed by atoms with Crippen molar-refractivity contribution in [1.82, 2.24) is 5.32 Å². The fourth-order valence-corrected chi connectivity index (χ4v) is 2.55. The van der Waals surface area contributed by atoms with Crippen LogP contribution in [0.15, 0.2) is 53.1 Å². The van der Waals surface area contributed by atoms with Gasteiger partial charge in [0.2, 0.25) is 5.91 Å². The Morgan fingerprint density at radius 3 is 2.68 bits per heavy atom. The number of nitrogens with one attached hydrogen (secondary N) is 1. The fraction of sp³-hybridized carbons (Fsp3) is 0.211. The molecule has 4 nitrogen and oxygen atoms in total. The molecule has 3 rings (SSSR count). The Hall–Kier alpha value is -2.89. The van der Waals surface area contributed by atoms with Crippen molar-refractivity contribution in [3.8, 4) is 5.75 Å². The van der Waals surface area contributed by atoms with E-state index < -0.39 is 6.61 Å². The summed E-state index contributed by atoms with van der Waals surface area (Å²) in [5.74, 6) is -0.0542. The van der Waals surface area contributed by atoms with E-state index in [0.717, 1.165) is 27.7 Å². The molecule has 0 fully saturated rings. The molecule has 0 bridgehead atoms. The second kappa shape index (κ2) is 7.34. The summed E-state index contributed by atoms with van der Waals surface area (Å²) < 4.78 is 34.0. The SMILES string of the molecule is Cc1ccc2c(CC(=O)NCc3ccc(OC(F)F)cc3)coc2c1. The van der Waals surface area contributed by atoms with Crippen molar-refractivity contribution < 1.29 is 22.7 Å². The molecule has 6 heteroatoms. The van der Waals surface area contributed by atoms with Crippen LogP contribution in [0.25, 0.3) is 11.0 Å². The lowest BCUT2D eigenvalue weighted by Gasteiger charge is -2.07. The molecule has 0 aliphatic rings. The van der Waals surface area contributed by atoms with Gasteiger partial charge in [-0.05, 0) is 36.2 Å². The first-order valence-corrected chi connectivity index (χ1v) is 7.78. The van der Waals surface area contributed by atoms with Crippen LogP contribution in [0.2, 0.25) is 0 Å². The zero-order valence-electron chi connectivity index (χ0n) is 13.6. The van der Waals surface area contributed by atoms with Crippen molar-refractivity contribution in [3.63, 3.8) is 0 Å². The highest BCUT2D eigenvalue weighted by Crippen LogP contribution is 2.22. The number of rotatable bonds is 6. The molecule has 130 valence electrons. The van der Waals surface area contributed by atoms with E-state index in [2.05, 4.69) is 10.1 Å². The third kappa shape index (κ3) is 4.35. The summed E-state index contributed by atoms with van der Waals surface area (Å²) in [4.78, 5) is 12.1. The number of carbonyl (C=O) groups excluding carboxylic acids is 1. The largest absolute Gasteiger partial charge is 0.464 e. The molecule has 2 aromatic carbocycles. The first-order chi connectivity index (χ1) is 12.0. The molecule has 0 atom stereocenters. The van der Waals surface area contributed by atoms with Gasteiger partial charge in [0, 0.05) is 17.5 Å². The van der Waals surface area contributed by atoms with Crippen LogP contribution in [0.5, 0.6) is 5.75 Å². The summed E-state index contributed by atoms with van der Waals surface area (Å²) in [7, 11) is 0. The van der Waals surface area contributed by atoms with Crippen molar-refractivity contribution in [3.05, 3.63) is 65.4 Å². The van der Waals surface area contributed by atoms with Gasteiger partial charge in [-0.1, -0.05) is 24.3 Å². The molecular formula is C19H17F2NO3. The van der Waals surface area contributed by atoms with Crippen LogP contribution in [0, 0.1) is 6.92 Å². The maximum absolute atomic E-state index is 12.1. The lowest BCUT2D eigenvalue weighted by Crippen LogP contribution is -2.24. The molecule has 0 aliphatic heterocycles. The van der Waals surface area contributed by atoms with Gasteiger partial charge in [-0.2, -0.15) is 8.78 Å². The molecule has 1 aromatic heterocycles. The molecule has 0 aliphatic carbocycles. The molecular weight excluding hydrogens is 328 g/mol. The molecule has 1 heterocycles. The minimum Gasteiger partial charge on any atom is -0.464 e. The Balaban J connectivity index is 1.57. The van der Waals surface area contributed by atoms with E-state index in [-0.39, 0.29) is 18.1 Å². The van der Waals surface area contributed by atoms with Crippen molar-refractivity contribution in [2.75, 3.05) is 0 Å². The van der Waals surface area contributed by atoms with Gasteiger partial charge in [-0.15, -0.1) is 0 Å². The van der Waals surface area contributed by atoms with Gasteiger partial charge in [0.05, 0.1) is 12.7 Å². The second-order valence-electron chi connectivity index (χ2n) is 5.74. The third-order valence-electron chi connectivity index (χ3n) is 3.80. The average Bonchev–Trinajstić information content (AvgIpc) is 2.95. The van der Waals surface area contributed by atoms with Crippen LogP contribution >= 0.6 is 0 Å². The highest BCUT2D eigenvalue weighted by atomic mass is 19.3. The van der Waals surface area contributed by atoms with Crippen LogP contribution in [-0.2, 0) is 17.8 Å². The number of benzene rings is 2. The Morgan fingerprint density at radius 1 is 1.20 bits per heavy atom. The molecule has 0 unspecified atom stereocenters. The fourth-order valence-electron chi connectivity index (χ4n) is 2.55.